The molecule has 46 valence electrons. The lowest BCUT2D eigenvalue weighted by molar-refractivity contribution is -0.148. The molecule has 0 aromatic carbocycles. The van der Waals surface area contributed by atoms with Crippen LogP contribution in [-0.2, 0) is 9.59 Å². The minimum atomic E-state index is -1.48. The first kappa shape index (κ1) is 7.43. The standard InChI is InChI=1S/C4H5ClO3/c1-2(5)3(6)4(7)8/h2H,1H3,(H,7,8). The van der Waals surface area contributed by atoms with Crippen LogP contribution in [0, 0.1) is 0 Å². The number of carboxylic acids is 1. The topological polar surface area (TPSA) is 54.4 Å². The zero-order valence-corrected chi connectivity index (χ0v) is 4.97. The molecular formula is C4H5ClO3. The minimum Gasteiger partial charge on any atom is -0.475 e. The zero-order chi connectivity index (χ0) is 6.73. The van der Waals surface area contributed by atoms with Crippen molar-refractivity contribution in [2.45, 2.75) is 12.3 Å². The fraction of sp³-hybridized carbons (Fsp3) is 0.500. The van der Waals surface area contributed by atoms with Crippen molar-refractivity contribution in [3.8, 4) is 0 Å². The SMILES string of the molecule is CC(Cl)C(=O)C(=O)O. The molecule has 1 unspecified atom stereocenters. The summed E-state index contributed by atoms with van der Waals surface area (Å²) >= 11 is 5.09. The zero-order valence-electron chi connectivity index (χ0n) is 4.22. The van der Waals surface area contributed by atoms with E-state index in [0.29, 0.717) is 0 Å². The summed E-state index contributed by atoms with van der Waals surface area (Å²) in [5.41, 5.74) is 0. The predicted octanol–water partition coefficient (Wildman–Crippen LogP) is 0.267. The van der Waals surface area contributed by atoms with Crippen molar-refractivity contribution >= 4 is 23.4 Å². The Morgan fingerprint density at radius 3 is 2.00 bits per heavy atom. The quantitative estimate of drug-likeness (QED) is 0.438. The summed E-state index contributed by atoms with van der Waals surface area (Å²) in [7, 11) is 0. The van der Waals surface area contributed by atoms with Crippen LogP contribution in [0.15, 0.2) is 0 Å². The second-order valence-electron chi connectivity index (χ2n) is 1.29. The maximum atomic E-state index is 10.1. The number of carbonyl (C=O) groups excluding carboxylic acids is 1. The van der Waals surface area contributed by atoms with E-state index in [1.165, 1.54) is 6.92 Å². The minimum absolute atomic E-state index is 0.924. The molecule has 0 radical (unpaired) electrons. The van der Waals surface area contributed by atoms with Gasteiger partial charge in [0.05, 0.1) is 0 Å². The molecule has 1 N–H and O–H groups in total. The van der Waals surface area contributed by atoms with Gasteiger partial charge in [-0.1, -0.05) is 0 Å². The molecule has 4 heteroatoms. The Bertz CT molecular complexity index is 118. The van der Waals surface area contributed by atoms with E-state index in [1.54, 1.807) is 0 Å². The second-order valence-corrected chi connectivity index (χ2v) is 1.94. The molecule has 8 heavy (non-hydrogen) atoms. The van der Waals surface area contributed by atoms with Gasteiger partial charge in [0.2, 0.25) is 0 Å². The van der Waals surface area contributed by atoms with Crippen LogP contribution in [0.1, 0.15) is 6.92 Å². The number of carboxylic acid groups (broad SMARTS) is 1. The number of hydrogen-bond donors (Lipinski definition) is 1. The van der Waals surface area contributed by atoms with Crippen LogP contribution >= 0.6 is 11.6 Å². The van der Waals surface area contributed by atoms with Crippen LogP contribution in [0.2, 0.25) is 0 Å². The molecule has 0 rings (SSSR count). The number of alkyl halides is 1. The Hall–Kier alpha value is -0.570. The molecule has 1 atom stereocenters. The first-order valence-corrected chi connectivity index (χ1v) is 2.40. The van der Waals surface area contributed by atoms with Crippen LogP contribution < -0.4 is 0 Å². The first-order chi connectivity index (χ1) is 3.55. The average molecular weight is 137 g/mol. The van der Waals surface area contributed by atoms with Gasteiger partial charge >= 0.3 is 5.97 Å². The monoisotopic (exact) mass is 136 g/mol. The molecule has 0 fully saturated rings. The molecular weight excluding hydrogens is 131 g/mol. The summed E-state index contributed by atoms with van der Waals surface area (Å²) in [6, 6.07) is 0. The summed E-state index contributed by atoms with van der Waals surface area (Å²) < 4.78 is 0. The number of rotatable bonds is 2. The number of hydrogen-bond acceptors (Lipinski definition) is 2. The molecule has 3 nitrogen and oxygen atoms in total. The normalized spacial score (nSPS) is 12.8. The lowest BCUT2D eigenvalue weighted by Crippen LogP contribution is -2.20. The van der Waals surface area contributed by atoms with Gasteiger partial charge in [-0.2, -0.15) is 0 Å². The third kappa shape index (κ3) is 1.93. The van der Waals surface area contributed by atoms with E-state index < -0.39 is 17.1 Å². The van der Waals surface area contributed by atoms with Gasteiger partial charge in [-0.25, -0.2) is 4.79 Å². The van der Waals surface area contributed by atoms with Gasteiger partial charge < -0.3 is 5.11 Å². The van der Waals surface area contributed by atoms with Gasteiger partial charge in [0.1, 0.15) is 5.38 Å². The van der Waals surface area contributed by atoms with Crippen molar-refractivity contribution in [2.75, 3.05) is 0 Å². The maximum absolute atomic E-state index is 10.1. The predicted molar refractivity (Wildman–Crippen MR) is 28.0 cm³/mol. The molecule has 0 aromatic heterocycles. The summed E-state index contributed by atoms with van der Waals surface area (Å²) in [6.07, 6.45) is 0. The van der Waals surface area contributed by atoms with Gasteiger partial charge in [-0.3, -0.25) is 4.79 Å². The van der Waals surface area contributed by atoms with Crippen molar-refractivity contribution in [3.63, 3.8) is 0 Å². The van der Waals surface area contributed by atoms with Crippen LogP contribution in [0.3, 0.4) is 0 Å². The third-order valence-corrected chi connectivity index (χ3v) is 0.770. The molecule has 0 saturated heterocycles. The molecule has 0 aliphatic heterocycles. The van der Waals surface area contributed by atoms with Crippen molar-refractivity contribution in [3.05, 3.63) is 0 Å². The van der Waals surface area contributed by atoms with Gasteiger partial charge in [-0.05, 0) is 6.92 Å². The Morgan fingerprint density at radius 2 is 2.00 bits per heavy atom. The van der Waals surface area contributed by atoms with Crippen LogP contribution in [0.4, 0.5) is 0 Å². The van der Waals surface area contributed by atoms with Crippen LogP contribution in [0.5, 0.6) is 0 Å². The Balaban J connectivity index is 3.84. The van der Waals surface area contributed by atoms with Crippen molar-refractivity contribution in [1.29, 1.82) is 0 Å². The highest BCUT2D eigenvalue weighted by atomic mass is 35.5. The van der Waals surface area contributed by atoms with E-state index in [1.807, 2.05) is 0 Å². The van der Waals surface area contributed by atoms with Gasteiger partial charge in [-0.15, -0.1) is 11.6 Å². The number of Topliss-reactive ketones (excluding diaryl/α,β-unsaturated/α-hetero) is 1. The Morgan fingerprint density at radius 1 is 1.62 bits per heavy atom. The molecule has 0 spiro atoms. The highest BCUT2D eigenvalue weighted by Gasteiger charge is 2.16. The number of aliphatic carboxylic acids is 1. The first-order valence-electron chi connectivity index (χ1n) is 1.97. The molecule has 0 saturated carbocycles. The van der Waals surface area contributed by atoms with E-state index >= 15 is 0 Å². The molecule has 0 heterocycles. The highest BCUT2D eigenvalue weighted by Crippen LogP contribution is 1.93. The van der Waals surface area contributed by atoms with Crippen molar-refractivity contribution < 1.29 is 14.7 Å². The Labute approximate surface area is 51.3 Å². The molecule has 0 aliphatic rings. The molecule has 0 amide bonds. The fourth-order valence-corrected chi connectivity index (χ4v) is 0.263. The van der Waals surface area contributed by atoms with Gasteiger partial charge in [0.25, 0.3) is 5.78 Å². The Kier molecular flexibility index (Phi) is 2.48. The lowest BCUT2D eigenvalue weighted by atomic mass is 10.3. The molecule has 0 bridgehead atoms. The van der Waals surface area contributed by atoms with E-state index in [9.17, 15) is 9.59 Å². The second kappa shape index (κ2) is 2.67. The van der Waals surface area contributed by atoms with Gasteiger partial charge in [0.15, 0.2) is 0 Å². The van der Waals surface area contributed by atoms with Gasteiger partial charge in [0, 0.05) is 0 Å². The fourth-order valence-electron chi connectivity index (χ4n) is 0.170. The van der Waals surface area contributed by atoms with Crippen LogP contribution in [-0.4, -0.2) is 22.2 Å². The average Bonchev–Trinajstić information content (AvgIpc) is 1.64. The van der Waals surface area contributed by atoms with E-state index in [-0.39, 0.29) is 0 Å². The van der Waals surface area contributed by atoms with E-state index in [0.717, 1.165) is 0 Å². The van der Waals surface area contributed by atoms with Crippen molar-refractivity contribution in [1.82, 2.24) is 0 Å². The highest BCUT2D eigenvalue weighted by molar-refractivity contribution is 6.46. The summed E-state index contributed by atoms with van der Waals surface area (Å²) in [5.74, 6) is -2.45. The molecule has 0 aromatic rings. The van der Waals surface area contributed by atoms with E-state index in [4.69, 9.17) is 16.7 Å². The van der Waals surface area contributed by atoms with Crippen molar-refractivity contribution in [2.24, 2.45) is 0 Å². The van der Waals surface area contributed by atoms with Crippen LogP contribution in [0.25, 0.3) is 0 Å². The molecule has 0 aliphatic carbocycles. The number of carbonyl (C=O) groups is 2. The largest absolute Gasteiger partial charge is 0.475 e. The van der Waals surface area contributed by atoms with E-state index in [2.05, 4.69) is 0 Å². The summed E-state index contributed by atoms with van der Waals surface area (Å²) in [5, 5.41) is 6.99. The number of halogens is 1. The third-order valence-electron chi connectivity index (χ3n) is 0.572. The number of ketones is 1. The lowest BCUT2D eigenvalue weighted by Gasteiger charge is -1.91. The smallest absolute Gasteiger partial charge is 0.373 e. The summed E-state index contributed by atoms with van der Waals surface area (Å²) in [4.78, 5) is 19.8. The maximum Gasteiger partial charge on any atom is 0.373 e. The summed E-state index contributed by atoms with van der Waals surface area (Å²) in [6.45, 7) is 1.32.